The molecule has 0 bridgehead atoms. The number of nitrogens with one attached hydrogen (secondary N) is 1. The number of carbonyl (C=O) groups is 1. The van der Waals surface area contributed by atoms with Gasteiger partial charge in [-0.2, -0.15) is 5.06 Å². The van der Waals surface area contributed by atoms with Gasteiger partial charge in [0.25, 0.3) is 0 Å². The lowest BCUT2D eigenvalue weighted by atomic mass is 9.89. The summed E-state index contributed by atoms with van der Waals surface area (Å²) in [7, 11) is 2.06. The van der Waals surface area contributed by atoms with Gasteiger partial charge in [0.15, 0.2) is 0 Å². The largest absolute Gasteiger partial charge is 0.394 e. The molecule has 0 saturated carbocycles. The van der Waals surface area contributed by atoms with E-state index in [2.05, 4.69) is 47.3 Å². The zero-order valence-electron chi connectivity index (χ0n) is 23.8. The van der Waals surface area contributed by atoms with Crippen LogP contribution < -0.4 is 5.32 Å². The predicted molar refractivity (Wildman–Crippen MR) is 157 cm³/mol. The smallest absolute Gasteiger partial charge is 0.240 e. The van der Waals surface area contributed by atoms with E-state index in [-0.39, 0.29) is 12.5 Å². The molecule has 40 heavy (non-hydrogen) atoms. The zero-order chi connectivity index (χ0) is 28.3. The van der Waals surface area contributed by atoms with Crippen molar-refractivity contribution < 1.29 is 19.8 Å². The van der Waals surface area contributed by atoms with Crippen LogP contribution in [0.5, 0.6) is 0 Å². The van der Waals surface area contributed by atoms with Gasteiger partial charge in [-0.25, -0.2) is 0 Å². The molecule has 1 heterocycles. The van der Waals surface area contributed by atoms with Crippen molar-refractivity contribution >= 4 is 5.91 Å². The first kappa shape index (κ1) is 30.0. The highest BCUT2D eigenvalue weighted by Crippen LogP contribution is 2.32. The molecule has 0 aromatic heterocycles. The van der Waals surface area contributed by atoms with Crippen LogP contribution in [0.1, 0.15) is 55.7 Å². The number of carbonyl (C=O) groups excluding carboxylic acids is 1. The Labute approximate surface area is 238 Å². The predicted octanol–water partition coefficient (Wildman–Crippen LogP) is 3.65. The monoisotopic (exact) mass is 545 g/mol. The molecule has 7 heteroatoms. The van der Waals surface area contributed by atoms with Gasteiger partial charge in [0.1, 0.15) is 12.1 Å². The fourth-order valence-electron chi connectivity index (χ4n) is 5.56. The molecule has 2 aromatic carbocycles. The van der Waals surface area contributed by atoms with Crippen LogP contribution in [0.4, 0.5) is 0 Å². The number of benzene rings is 2. The van der Waals surface area contributed by atoms with Crippen molar-refractivity contribution in [1.29, 1.82) is 0 Å². The summed E-state index contributed by atoms with van der Waals surface area (Å²) in [5.74, 6) is 5.75. The third-order valence-electron chi connectivity index (χ3n) is 7.68. The number of aliphatic hydroxyl groups is 2. The Morgan fingerprint density at radius 3 is 2.60 bits per heavy atom. The maximum atomic E-state index is 13.3. The number of nitrogens with zero attached hydrogens (tertiary/aromatic N) is 2. The molecule has 2 aliphatic rings. The average molecular weight is 546 g/mol. The minimum absolute atomic E-state index is 0.180. The average Bonchev–Trinajstić information content (AvgIpc) is 3.33. The lowest BCUT2D eigenvalue weighted by Gasteiger charge is -2.26. The Morgan fingerprint density at radius 2 is 1.93 bits per heavy atom. The number of hydroxylamine groups is 2. The van der Waals surface area contributed by atoms with E-state index < -0.39 is 24.2 Å². The molecule has 4 rings (SSSR count). The second-order valence-corrected chi connectivity index (χ2v) is 11.0. The second kappa shape index (κ2) is 15.1. The van der Waals surface area contributed by atoms with E-state index in [9.17, 15) is 15.0 Å². The minimum atomic E-state index is -0.809. The molecule has 1 saturated heterocycles. The quantitative estimate of drug-likeness (QED) is 0.295. The van der Waals surface area contributed by atoms with Crippen molar-refractivity contribution in [2.45, 2.75) is 70.4 Å². The van der Waals surface area contributed by atoms with Gasteiger partial charge in [-0.15, -0.1) is 0 Å². The molecule has 0 spiro atoms. The molecule has 0 radical (unpaired) electrons. The van der Waals surface area contributed by atoms with Gasteiger partial charge in [0.2, 0.25) is 5.91 Å². The maximum absolute atomic E-state index is 13.3. The van der Waals surface area contributed by atoms with Gasteiger partial charge in [-0.3, -0.25) is 14.5 Å². The van der Waals surface area contributed by atoms with E-state index in [0.29, 0.717) is 19.6 Å². The lowest BCUT2D eigenvalue weighted by Crippen LogP contribution is -2.49. The first-order valence-corrected chi connectivity index (χ1v) is 14.4. The number of hydrogen-bond acceptors (Lipinski definition) is 6. The Hall–Kier alpha value is -2.99. The van der Waals surface area contributed by atoms with Crippen molar-refractivity contribution in [1.82, 2.24) is 15.3 Å². The second-order valence-electron chi connectivity index (χ2n) is 11.0. The molecule has 1 aliphatic carbocycles. The molecule has 1 aliphatic heterocycles. The Morgan fingerprint density at radius 1 is 1.15 bits per heavy atom. The summed E-state index contributed by atoms with van der Waals surface area (Å²) >= 11 is 0. The normalized spacial score (nSPS) is 21.9. The highest BCUT2D eigenvalue weighted by molar-refractivity contribution is 5.82. The molecule has 7 nitrogen and oxygen atoms in total. The van der Waals surface area contributed by atoms with E-state index in [4.69, 9.17) is 4.84 Å². The summed E-state index contributed by atoms with van der Waals surface area (Å²) in [6.45, 7) is 3.80. The highest BCUT2D eigenvalue weighted by Gasteiger charge is 2.49. The van der Waals surface area contributed by atoms with Crippen LogP contribution in [0.25, 0.3) is 0 Å². The van der Waals surface area contributed by atoms with E-state index in [1.54, 1.807) is 12.0 Å². The van der Waals surface area contributed by atoms with Crippen LogP contribution in [0.15, 0.2) is 66.2 Å². The van der Waals surface area contributed by atoms with Gasteiger partial charge in [0.05, 0.1) is 25.8 Å². The Bertz CT molecular complexity index is 1170. The summed E-state index contributed by atoms with van der Waals surface area (Å²) in [5, 5.41) is 25.1. The fraction of sp³-hybridized carbons (Fsp3) is 0.485. The molecule has 214 valence electrons. The number of allylic oxidation sites excluding steroid dienone is 1. The van der Waals surface area contributed by atoms with Crippen molar-refractivity contribution in [2.24, 2.45) is 5.92 Å². The molecule has 1 fully saturated rings. The number of amides is 1. The van der Waals surface area contributed by atoms with Crippen LogP contribution in [0, 0.1) is 17.8 Å². The zero-order valence-corrected chi connectivity index (χ0v) is 23.8. The summed E-state index contributed by atoms with van der Waals surface area (Å²) in [6, 6.07) is 17.5. The molecule has 1 amide bonds. The summed E-state index contributed by atoms with van der Waals surface area (Å²) in [6.07, 6.45) is 6.34. The van der Waals surface area contributed by atoms with E-state index in [1.807, 2.05) is 42.5 Å². The summed E-state index contributed by atoms with van der Waals surface area (Å²) in [4.78, 5) is 21.5. The van der Waals surface area contributed by atoms with Gasteiger partial charge in [-0.1, -0.05) is 66.0 Å². The number of rotatable bonds is 11. The van der Waals surface area contributed by atoms with E-state index in [1.165, 1.54) is 24.0 Å². The Kier molecular flexibility index (Phi) is 11.3. The van der Waals surface area contributed by atoms with Gasteiger partial charge >= 0.3 is 0 Å². The van der Waals surface area contributed by atoms with Crippen molar-refractivity contribution in [3.63, 3.8) is 0 Å². The third-order valence-corrected chi connectivity index (χ3v) is 7.68. The van der Waals surface area contributed by atoms with E-state index in [0.717, 1.165) is 36.9 Å². The summed E-state index contributed by atoms with van der Waals surface area (Å²) < 4.78 is 0. The van der Waals surface area contributed by atoms with E-state index >= 15 is 0 Å². The topological polar surface area (TPSA) is 85.3 Å². The molecule has 0 unspecified atom stereocenters. The van der Waals surface area contributed by atoms with Crippen LogP contribution in [-0.2, 0) is 22.7 Å². The SMILES string of the molecule is C[C@H](O)[C@@H]1[C@H](CO)ON(Cc2ccc(C#CCN(C)Cc3ccccc3)cc2)[C@@H]1C(=O)NCCC1=CCCCC1. The van der Waals surface area contributed by atoms with Crippen LogP contribution >= 0.6 is 0 Å². The highest BCUT2D eigenvalue weighted by atomic mass is 16.7. The molecule has 4 atom stereocenters. The number of hydrogen-bond donors (Lipinski definition) is 3. The maximum Gasteiger partial charge on any atom is 0.240 e. The molecule has 3 N–H and O–H groups in total. The van der Waals surface area contributed by atoms with Crippen molar-refractivity contribution in [2.75, 3.05) is 26.7 Å². The Balaban J connectivity index is 1.35. The molecular formula is C33H43N3O4. The van der Waals surface area contributed by atoms with Crippen LogP contribution in [0.2, 0.25) is 0 Å². The van der Waals surface area contributed by atoms with Gasteiger partial charge in [0, 0.05) is 24.6 Å². The molecular weight excluding hydrogens is 502 g/mol. The minimum Gasteiger partial charge on any atom is -0.394 e. The van der Waals surface area contributed by atoms with Crippen LogP contribution in [0.3, 0.4) is 0 Å². The molecule has 2 aromatic rings. The summed E-state index contributed by atoms with van der Waals surface area (Å²) in [5.41, 5.74) is 4.54. The van der Waals surface area contributed by atoms with Gasteiger partial charge < -0.3 is 15.5 Å². The third kappa shape index (κ3) is 8.50. The van der Waals surface area contributed by atoms with Crippen molar-refractivity contribution in [3.05, 3.63) is 82.9 Å². The van der Waals surface area contributed by atoms with Crippen molar-refractivity contribution in [3.8, 4) is 11.8 Å². The number of aliphatic hydroxyl groups excluding tert-OH is 2. The standard InChI is InChI=1S/C33H43N3O4/c1-25(38)31-30(24-37)40-36(32(31)33(39)34-20-19-26-10-5-3-6-11-26)23-29-17-15-27(16-18-29)14-9-21-35(2)22-28-12-7-4-8-13-28/h4,7-8,10,12-13,15-18,25,30-32,37-38H,3,5-6,11,19-24H2,1-2H3,(H,34,39)/t25-,30-,31+,32-/m0/s1. The first-order valence-electron chi connectivity index (χ1n) is 14.4. The van der Waals surface area contributed by atoms with Gasteiger partial charge in [-0.05, 0) is 69.3 Å². The fourth-order valence-corrected chi connectivity index (χ4v) is 5.56. The first-order chi connectivity index (χ1) is 19.4. The lowest BCUT2D eigenvalue weighted by molar-refractivity contribution is -0.181. The van der Waals surface area contributed by atoms with Crippen LogP contribution in [-0.4, -0.2) is 71.1 Å².